The van der Waals surface area contributed by atoms with Gasteiger partial charge in [0.25, 0.3) is 0 Å². The number of benzene rings is 1. The van der Waals surface area contributed by atoms with Crippen LogP contribution in [0.4, 0.5) is 0 Å². The topological polar surface area (TPSA) is 91.8 Å². The number of hydrogen-bond acceptors (Lipinski definition) is 5. The zero-order chi connectivity index (χ0) is 25.3. The van der Waals surface area contributed by atoms with E-state index in [1.54, 1.807) is 19.1 Å². The second-order valence-electron chi connectivity index (χ2n) is 10.7. The first-order valence-electron chi connectivity index (χ1n) is 12.8. The van der Waals surface area contributed by atoms with Gasteiger partial charge in [-0.2, -0.15) is 0 Å². The minimum absolute atomic E-state index is 0.0438. The van der Waals surface area contributed by atoms with Crippen molar-refractivity contribution in [2.75, 3.05) is 0 Å². The summed E-state index contributed by atoms with van der Waals surface area (Å²) in [7, 11) is 0. The SMILES string of the molecule is Cc1cccc(C2C3=CCC4C(=O)N(C5CCCCC5)C(=O)C4C3CC3=C2C(=O)C=C(Br)C3=O)c1O. The molecule has 186 valence electrons. The summed E-state index contributed by atoms with van der Waals surface area (Å²) >= 11 is 3.25. The first-order chi connectivity index (χ1) is 17.3. The second-order valence-corrected chi connectivity index (χ2v) is 11.6. The van der Waals surface area contributed by atoms with E-state index in [4.69, 9.17) is 0 Å². The van der Waals surface area contributed by atoms with Crippen LogP contribution >= 0.6 is 15.9 Å². The third-order valence-electron chi connectivity index (χ3n) is 8.89. The Morgan fingerprint density at radius 3 is 2.50 bits per heavy atom. The van der Waals surface area contributed by atoms with Gasteiger partial charge < -0.3 is 5.11 Å². The fraction of sp³-hybridized carbons (Fsp3) is 0.448. The van der Waals surface area contributed by atoms with Crippen molar-refractivity contribution in [2.45, 2.75) is 63.8 Å². The molecule has 0 radical (unpaired) electrons. The van der Waals surface area contributed by atoms with Gasteiger partial charge in [0.05, 0.1) is 16.3 Å². The number of fused-ring (bicyclic) bond motifs is 3. The third kappa shape index (κ3) is 3.35. The Morgan fingerprint density at radius 1 is 1.00 bits per heavy atom. The third-order valence-corrected chi connectivity index (χ3v) is 9.47. The van der Waals surface area contributed by atoms with Crippen molar-refractivity contribution in [3.8, 4) is 5.75 Å². The Kier molecular flexibility index (Phi) is 5.67. The van der Waals surface area contributed by atoms with Gasteiger partial charge in [-0.15, -0.1) is 0 Å². The van der Waals surface area contributed by atoms with E-state index in [-0.39, 0.29) is 52.0 Å². The number of nitrogens with zero attached hydrogens (tertiary/aromatic N) is 1. The first-order valence-corrected chi connectivity index (χ1v) is 13.6. The molecule has 5 aliphatic rings. The normalized spacial score (nSPS) is 30.7. The van der Waals surface area contributed by atoms with Crippen molar-refractivity contribution >= 4 is 39.3 Å². The minimum Gasteiger partial charge on any atom is -0.507 e. The van der Waals surface area contributed by atoms with Gasteiger partial charge in [0.15, 0.2) is 11.6 Å². The lowest BCUT2D eigenvalue weighted by Gasteiger charge is -2.42. The summed E-state index contributed by atoms with van der Waals surface area (Å²) in [5.74, 6) is -2.63. The van der Waals surface area contributed by atoms with Gasteiger partial charge in [-0.3, -0.25) is 24.1 Å². The van der Waals surface area contributed by atoms with Crippen LogP contribution in [0.3, 0.4) is 0 Å². The van der Waals surface area contributed by atoms with Crippen molar-refractivity contribution < 1.29 is 24.3 Å². The average Bonchev–Trinajstić information content (AvgIpc) is 3.13. The van der Waals surface area contributed by atoms with Crippen LogP contribution in [0, 0.1) is 24.7 Å². The number of likely N-dealkylation sites (tertiary alicyclic amines) is 1. The van der Waals surface area contributed by atoms with Crippen LogP contribution < -0.4 is 0 Å². The molecule has 4 atom stereocenters. The predicted octanol–water partition coefficient (Wildman–Crippen LogP) is 4.80. The highest BCUT2D eigenvalue weighted by atomic mass is 79.9. The zero-order valence-corrected chi connectivity index (χ0v) is 21.7. The van der Waals surface area contributed by atoms with Gasteiger partial charge in [-0.25, -0.2) is 0 Å². The molecule has 1 heterocycles. The van der Waals surface area contributed by atoms with E-state index >= 15 is 0 Å². The molecule has 1 aromatic rings. The van der Waals surface area contributed by atoms with E-state index in [9.17, 15) is 24.3 Å². The predicted molar refractivity (Wildman–Crippen MR) is 136 cm³/mol. The number of carbonyl (C=O) groups is 4. The number of imide groups is 1. The second kappa shape index (κ2) is 8.65. The maximum Gasteiger partial charge on any atom is 0.233 e. The molecular formula is C29H28BrNO5. The van der Waals surface area contributed by atoms with E-state index in [1.807, 2.05) is 12.1 Å². The van der Waals surface area contributed by atoms with Crippen molar-refractivity contribution in [1.82, 2.24) is 4.90 Å². The number of allylic oxidation sites excluding steroid dienone is 6. The first kappa shape index (κ1) is 23.6. The highest BCUT2D eigenvalue weighted by Crippen LogP contribution is 2.56. The molecular weight excluding hydrogens is 522 g/mol. The lowest BCUT2D eigenvalue weighted by atomic mass is 9.59. The molecule has 4 unspecified atom stereocenters. The molecule has 1 aliphatic heterocycles. The summed E-state index contributed by atoms with van der Waals surface area (Å²) in [6.45, 7) is 1.80. The number of carbonyl (C=O) groups excluding carboxylic acids is 4. The molecule has 0 spiro atoms. The van der Waals surface area contributed by atoms with Crippen LogP contribution in [0.25, 0.3) is 0 Å². The number of phenolic OH excluding ortho intramolecular Hbond substituents is 1. The summed E-state index contributed by atoms with van der Waals surface area (Å²) in [5, 5.41) is 11.0. The van der Waals surface area contributed by atoms with Crippen molar-refractivity contribution in [2.24, 2.45) is 17.8 Å². The molecule has 1 saturated heterocycles. The number of aryl methyl sites for hydroxylation is 1. The van der Waals surface area contributed by atoms with Crippen LogP contribution in [0.1, 0.15) is 62.0 Å². The molecule has 1 N–H and O–H groups in total. The number of amides is 2. The maximum atomic E-state index is 13.9. The lowest BCUT2D eigenvalue weighted by molar-refractivity contribution is -0.143. The Bertz CT molecular complexity index is 1310. The van der Waals surface area contributed by atoms with Gasteiger partial charge >= 0.3 is 0 Å². The van der Waals surface area contributed by atoms with Crippen LogP contribution in [0.2, 0.25) is 0 Å². The average molecular weight is 550 g/mol. The molecule has 4 aliphatic carbocycles. The minimum atomic E-state index is -0.625. The maximum absolute atomic E-state index is 13.9. The van der Waals surface area contributed by atoms with E-state index < -0.39 is 17.8 Å². The summed E-state index contributed by atoms with van der Waals surface area (Å²) in [6.07, 6.45) is 8.85. The molecule has 1 saturated carbocycles. The van der Waals surface area contributed by atoms with Gasteiger partial charge in [-0.05, 0) is 60.0 Å². The quantitative estimate of drug-likeness (QED) is 0.325. The van der Waals surface area contributed by atoms with Gasteiger partial charge in [-0.1, -0.05) is 49.1 Å². The molecule has 0 bridgehead atoms. The van der Waals surface area contributed by atoms with E-state index in [1.165, 1.54) is 11.0 Å². The Balaban J connectivity index is 1.48. The van der Waals surface area contributed by atoms with Crippen LogP contribution in [0.5, 0.6) is 5.75 Å². The molecule has 36 heavy (non-hydrogen) atoms. The number of ketones is 2. The zero-order valence-electron chi connectivity index (χ0n) is 20.1. The summed E-state index contributed by atoms with van der Waals surface area (Å²) in [4.78, 5) is 55.5. The highest BCUT2D eigenvalue weighted by Gasteiger charge is 2.57. The number of para-hydroxylation sites is 1. The summed E-state index contributed by atoms with van der Waals surface area (Å²) in [5.41, 5.74) is 2.87. The number of phenols is 1. The molecule has 0 aromatic heterocycles. The Morgan fingerprint density at radius 2 is 1.75 bits per heavy atom. The van der Waals surface area contributed by atoms with E-state index in [2.05, 4.69) is 15.9 Å². The van der Waals surface area contributed by atoms with Crippen LogP contribution in [-0.2, 0) is 19.2 Å². The van der Waals surface area contributed by atoms with E-state index in [0.717, 1.165) is 37.7 Å². The van der Waals surface area contributed by atoms with Crippen molar-refractivity contribution in [3.05, 3.63) is 62.7 Å². The highest BCUT2D eigenvalue weighted by molar-refractivity contribution is 9.12. The van der Waals surface area contributed by atoms with Crippen molar-refractivity contribution in [1.29, 1.82) is 0 Å². The van der Waals surface area contributed by atoms with Gasteiger partial charge in [0.2, 0.25) is 11.8 Å². The molecule has 6 nitrogen and oxygen atoms in total. The number of hydrogen-bond donors (Lipinski definition) is 1. The summed E-state index contributed by atoms with van der Waals surface area (Å²) in [6, 6.07) is 5.37. The van der Waals surface area contributed by atoms with Crippen LogP contribution in [-0.4, -0.2) is 39.4 Å². The van der Waals surface area contributed by atoms with Crippen LogP contribution in [0.15, 0.2) is 51.6 Å². The lowest BCUT2D eigenvalue weighted by Crippen LogP contribution is -2.43. The fourth-order valence-electron chi connectivity index (χ4n) is 7.20. The number of aromatic hydroxyl groups is 1. The van der Waals surface area contributed by atoms with E-state index in [0.29, 0.717) is 28.7 Å². The number of Topliss-reactive ketones (excluding diaryl/α,β-unsaturated/α-hetero) is 1. The smallest absolute Gasteiger partial charge is 0.233 e. The fourth-order valence-corrected chi connectivity index (χ4v) is 7.65. The molecule has 1 aromatic carbocycles. The molecule has 7 heteroatoms. The van der Waals surface area contributed by atoms with Gasteiger partial charge in [0.1, 0.15) is 5.75 Å². The number of halogens is 1. The monoisotopic (exact) mass is 549 g/mol. The van der Waals surface area contributed by atoms with Crippen molar-refractivity contribution in [3.63, 3.8) is 0 Å². The Hall–Kier alpha value is -2.80. The molecule has 2 amide bonds. The Labute approximate surface area is 218 Å². The number of rotatable bonds is 2. The molecule has 2 fully saturated rings. The largest absolute Gasteiger partial charge is 0.507 e. The summed E-state index contributed by atoms with van der Waals surface area (Å²) < 4.78 is 0.205. The molecule has 6 rings (SSSR count). The standard InChI is InChI=1S/C29H28BrNO5/c1-14-6-5-9-17(26(14)33)23-16-10-11-18-24(29(36)31(28(18)35)15-7-3-2-4-8-15)19(16)12-20-25(23)22(32)13-21(30)27(20)34/h5-6,9-10,13,15,18-19,23-24,33H,2-4,7-8,11-12H2,1H3. The van der Waals surface area contributed by atoms with Gasteiger partial charge in [0, 0.05) is 34.7 Å².